The molecule has 1 N–H and O–H groups in total. The molecule has 2 rings (SSSR count). The molecule has 4 nitrogen and oxygen atoms in total. The molecule has 0 fully saturated rings. The Kier molecular flexibility index (Phi) is 4.08. The van der Waals surface area contributed by atoms with Crippen LogP contribution in [0.5, 0.6) is 0 Å². The first-order chi connectivity index (χ1) is 8.56. The van der Waals surface area contributed by atoms with Gasteiger partial charge in [-0.1, -0.05) is 0 Å². The molecule has 0 bridgehead atoms. The van der Waals surface area contributed by atoms with Gasteiger partial charge in [-0.3, -0.25) is 9.78 Å². The van der Waals surface area contributed by atoms with Gasteiger partial charge in [0.25, 0.3) is 5.91 Å². The molecule has 2 aromatic heterocycles. The number of hydrogen-bond donors (Lipinski definition) is 1. The lowest BCUT2D eigenvalue weighted by Crippen LogP contribution is -2.22. The monoisotopic (exact) mass is 325 g/mol. The largest absolute Gasteiger partial charge is 0.347 e. The van der Waals surface area contributed by atoms with E-state index in [9.17, 15) is 4.79 Å². The van der Waals surface area contributed by atoms with Gasteiger partial charge in [-0.15, -0.1) is 11.3 Å². The Hall–Kier alpha value is -1.27. The Morgan fingerprint density at radius 2 is 2.22 bits per heavy atom. The Bertz CT molecular complexity index is 582. The van der Waals surface area contributed by atoms with Gasteiger partial charge in [0, 0.05) is 21.7 Å². The van der Waals surface area contributed by atoms with E-state index in [1.165, 1.54) is 0 Å². The van der Waals surface area contributed by atoms with E-state index in [0.29, 0.717) is 12.1 Å². The molecule has 18 heavy (non-hydrogen) atoms. The van der Waals surface area contributed by atoms with E-state index in [0.717, 1.165) is 20.1 Å². The summed E-state index contributed by atoms with van der Waals surface area (Å²) in [5.74, 6) is -0.130. The number of carbonyl (C=O) groups excluding carboxylic acids is 1. The number of aromatic nitrogens is 2. The van der Waals surface area contributed by atoms with Crippen molar-refractivity contribution in [2.24, 2.45) is 0 Å². The number of thiazole rings is 1. The van der Waals surface area contributed by atoms with Crippen LogP contribution in [0.25, 0.3) is 0 Å². The van der Waals surface area contributed by atoms with Gasteiger partial charge in [-0.25, -0.2) is 4.98 Å². The van der Waals surface area contributed by atoms with Crippen LogP contribution in [-0.4, -0.2) is 15.9 Å². The summed E-state index contributed by atoms with van der Waals surface area (Å²) in [4.78, 5) is 21.3. The Morgan fingerprint density at radius 1 is 1.44 bits per heavy atom. The average Bonchev–Trinajstić information content (AvgIpc) is 2.65. The van der Waals surface area contributed by atoms with Crippen LogP contribution in [0.2, 0.25) is 0 Å². The van der Waals surface area contributed by atoms with Gasteiger partial charge in [0.2, 0.25) is 0 Å². The van der Waals surface area contributed by atoms with E-state index in [4.69, 9.17) is 0 Å². The Morgan fingerprint density at radius 3 is 2.83 bits per heavy atom. The second-order valence-corrected chi connectivity index (χ2v) is 6.02. The highest BCUT2D eigenvalue weighted by Crippen LogP contribution is 2.17. The number of pyridine rings is 1. The molecular weight excluding hydrogens is 314 g/mol. The molecule has 0 aromatic carbocycles. The molecule has 0 spiro atoms. The topological polar surface area (TPSA) is 54.9 Å². The zero-order valence-electron chi connectivity index (χ0n) is 10.0. The fourth-order valence-electron chi connectivity index (χ4n) is 1.54. The van der Waals surface area contributed by atoms with Crippen molar-refractivity contribution in [2.75, 3.05) is 0 Å². The van der Waals surface area contributed by atoms with Gasteiger partial charge < -0.3 is 5.32 Å². The van der Waals surface area contributed by atoms with E-state index in [1.54, 1.807) is 29.8 Å². The predicted molar refractivity (Wildman–Crippen MR) is 74.7 cm³/mol. The highest BCUT2D eigenvalue weighted by Gasteiger charge is 2.09. The van der Waals surface area contributed by atoms with Gasteiger partial charge >= 0.3 is 0 Å². The van der Waals surface area contributed by atoms with Crippen LogP contribution in [0, 0.1) is 13.8 Å². The molecule has 0 saturated heterocycles. The number of halogens is 1. The van der Waals surface area contributed by atoms with Crippen molar-refractivity contribution in [1.29, 1.82) is 0 Å². The summed E-state index contributed by atoms with van der Waals surface area (Å²) in [6, 6.07) is 1.74. The minimum Gasteiger partial charge on any atom is -0.347 e. The van der Waals surface area contributed by atoms with E-state index in [-0.39, 0.29) is 5.91 Å². The van der Waals surface area contributed by atoms with Crippen molar-refractivity contribution in [2.45, 2.75) is 20.4 Å². The molecule has 2 aromatic rings. The quantitative estimate of drug-likeness (QED) is 0.944. The summed E-state index contributed by atoms with van der Waals surface area (Å²) in [6.45, 7) is 4.41. The number of aryl methyl sites for hydroxylation is 2. The lowest BCUT2D eigenvalue weighted by atomic mass is 10.2. The number of nitrogens with zero attached hydrogens (tertiary/aromatic N) is 2. The zero-order chi connectivity index (χ0) is 13.1. The molecule has 2 heterocycles. The Labute approximate surface area is 118 Å². The molecule has 0 unspecified atom stereocenters. The summed E-state index contributed by atoms with van der Waals surface area (Å²) < 4.78 is 0.792. The van der Waals surface area contributed by atoms with Crippen LogP contribution in [0.4, 0.5) is 0 Å². The standard InChI is InChI=1S/C12H12BrN3OS/c1-7-11(18-8(2)16-7)6-15-12(17)9-3-10(13)5-14-4-9/h3-5H,6H2,1-2H3,(H,15,17). The van der Waals surface area contributed by atoms with Gasteiger partial charge in [-0.05, 0) is 35.8 Å². The van der Waals surface area contributed by atoms with Crippen molar-refractivity contribution in [3.8, 4) is 0 Å². The summed E-state index contributed by atoms with van der Waals surface area (Å²) in [5, 5.41) is 3.88. The third-order valence-corrected chi connectivity index (χ3v) is 3.88. The number of rotatable bonds is 3. The zero-order valence-corrected chi connectivity index (χ0v) is 12.4. The SMILES string of the molecule is Cc1nc(C)c(CNC(=O)c2cncc(Br)c2)s1. The lowest BCUT2D eigenvalue weighted by Gasteiger charge is -2.04. The fraction of sp³-hybridized carbons (Fsp3) is 0.250. The molecule has 0 radical (unpaired) electrons. The Balaban J connectivity index is 2.02. The summed E-state index contributed by atoms with van der Waals surface area (Å²) in [6.07, 6.45) is 3.19. The first-order valence-electron chi connectivity index (χ1n) is 5.38. The van der Waals surface area contributed by atoms with Crippen LogP contribution >= 0.6 is 27.3 Å². The van der Waals surface area contributed by atoms with Crippen molar-refractivity contribution >= 4 is 33.2 Å². The van der Waals surface area contributed by atoms with Crippen LogP contribution in [0.15, 0.2) is 22.9 Å². The lowest BCUT2D eigenvalue weighted by molar-refractivity contribution is 0.0951. The van der Waals surface area contributed by atoms with Gasteiger partial charge in [0.15, 0.2) is 0 Å². The summed E-state index contributed by atoms with van der Waals surface area (Å²) in [7, 11) is 0. The average molecular weight is 326 g/mol. The second-order valence-electron chi connectivity index (χ2n) is 3.82. The molecule has 0 atom stereocenters. The first-order valence-corrected chi connectivity index (χ1v) is 6.99. The van der Waals surface area contributed by atoms with Gasteiger partial charge in [-0.2, -0.15) is 0 Å². The van der Waals surface area contributed by atoms with Crippen molar-refractivity contribution < 1.29 is 4.79 Å². The number of amides is 1. The van der Waals surface area contributed by atoms with Crippen LogP contribution < -0.4 is 5.32 Å². The summed E-state index contributed by atoms with van der Waals surface area (Å²) in [5.41, 5.74) is 1.52. The highest BCUT2D eigenvalue weighted by atomic mass is 79.9. The molecule has 0 aliphatic carbocycles. The smallest absolute Gasteiger partial charge is 0.253 e. The van der Waals surface area contributed by atoms with Crippen LogP contribution in [-0.2, 0) is 6.54 Å². The van der Waals surface area contributed by atoms with E-state index in [2.05, 4.69) is 31.2 Å². The van der Waals surface area contributed by atoms with Crippen LogP contribution in [0.1, 0.15) is 25.9 Å². The molecule has 94 valence electrons. The van der Waals surface area contributed by atoms with Crippen LogP contribution in [0.3, 0.4) is 0 Å². The maximum absolute atomic E-state index is 11.9. The van der Waals surface area contributed by atoms with Crippen molar-refractivity contribution in [3.05, 3.63) is 44.1 Å². The van der Waals surface area contributed by atoms with Crippen molar-refractivity contribution in [3.63, 3.8) is 0 Å². The van der Waals surface area contributed by atoms with Gasteiger partial charge in [0.05, 0.1) is 22.8 Å². The normalized spacial score (nSPS) is 10.4. The number of carbonyl (C=O) groups is 1. The number of hydrogen-bond acceptors (Lipinski definition) is 4. The second kappa shape index (κ2) is 5.58. The maximum atomic E-state index is 11.9. The molecule has 0 saturated carbocycles. The minimum absolute atomic E-state index is 0.130. The molecule has 0 aliphatic rings. The fourth-order valence-corrected chi connectivity index (χ4v) is 2.78. The molecule has 6 heteroatoms. The van der Waals surface area contributed by atoms with E-state index < -0.39 is 0 Å². The third kappa shape index (κ3) is 3.14. The molecule has 1 amide bonds. The highest BCUT2D eigenvalue weighted by molar-refractivity contribution is 9.10. The van der Waals surface area contributed by atoms with Crippen molar-refractivity contribution in [1.82, 2.24) is 15.3 Å². The maximum Gasteiger partial charge on any atom is 0.253 e. The van der Waals surface area contributed by atoms with Gasteiger partial charge in [0.1, 0.15) is 0 Å². The minimum atomic E-state index is -0.130. The first kappa shape index (κ1) is 13.2. The molecular formula is C12H12BrN3OS. The number of nitrogens with one attached hydrogen (secondary N) is 1. The predicted octanol–water partition coefficient (Wildman–Crippen LogP) is 2.85. The molecule has 0 aliphatic heterocycles. The van der Waals surface area contributed by atoms with E-state index >= 15 is 0 Å². The summed E-state index contributed by atoms with van der Waals surface area (Å²) >= 11 is 4.89. The van der Waals surface area contributed by atoms with E-state index in [1.807, 2.05) is 13.8 Å². The third-order valence-electron chi connectivity index (χ3n) is 2.38.